The third kappa shape index (κ3) is 5.20. The minimum Gasteiger partial charge on any atom is -0.353 e. The van der Waals surface area contributed by atoms with E-state index in [0.29, 0.717) is 5.15 Å². The molecule has 0 saturated carbocycles. The molecule has 23 heavy (non-hydrogen) atoms. The van der Waals surface area contributed by atoms with Gasteiger partial charge >= 0.3 is 0 Å². The highest BCUT2D eigenvalue weighted by Crippen LogP contribution is 2.14. The van der Waals surface area contributed by atoms with E-state index in [1.54, 1.807) is 6.07 Å². The second kappa shape index (κ2) is 8.87. The predicted octanol–water partition coefficient (Wildman–Crippen LogP) is 3.39. The van der Waals surface area contributed by atoms with Crippen molar-refractivity contribution < 1.29 is 0 Å². The standard InChI is InChI=1S/C17H19ClN4.ClH/c18-16-8-9-17(20-19-16)22-13-11-21(12-14-22)10-4-7-15-5-2-1-3-6-15;/h1-9H,10-14H2;1H. The Labute approximate surface area is 148 Å². The van der Waals surface area contributed by atoms with Crippen LogP contribution in [0.1, 0.15) is 5.56 Å². The highest BCUT2D eigenvalue weighted by atomic mass is 35.5. The zero-order valence-corrected chi connectivity index (χ0v) is 14.4. The lowest BCUT2D eigenvalue weighted by Crippen LogP contribution is -2.46. The van der Waals surface area contributed by atoms with Crippen molar-refractivity contribution in [1.29, 1.82) is 0 Å². The zero-order chi connectivity index (χ0) is 15.2. The minimum absolute atomic E-state index is 0. The molecule has 0 bridgehead atoms. The molecule has 6 heteroatoms. The van der Waals surface area contributed by atoms with Crippen molar-refractivity contribution in [2.45, 2.75) is 0 Å². The number of aromatic nitrogens is 2. The van der Waals surface area contributed by atoms with Gasteiger partial charge in [0.15, 0.2) is 11.0 Å². The maximum Gasteiger partial charge on any atom is 0.151 e. The minimum atomic E-state index is 0. The molecule has 0 spiro atoms. The van der Waals surface area contributed by atoms with Crippen molar-refractivity contribution in [3.63, 3.8) is 0 Å². The summed E-state index contributed by atoms with van der Waals surface area (Å²) in [6.45, 7) is 4.98. The molecule has 0 atom stereocenters. The fourth-order valence-electron chi connectivity index (χ4n) is 2.54. The van der Waals surface area contributed by atoms with E-state index in [2.05, 4.69) is 56.4 Å². The molecule has 1 aromatic heterocycles. The summed E-state index contributed by atoms with van der Waals surface area (Å²) in [6.07, 6.45) is 4.41. The summed E-state index contributed by atoms with van der Waals surface area (Å²) in [4.78, 5) is 4.69. The van der Waals surface area contributed by atoms with Gasteiger partial charge in [-0.1, -0.05) is 54.1 Å². The van der Waals surface area contributed by atoms with Crippen molar-refractivity contribution in [1.82, 2.24) is 15.1 Å². The Morgan fingerprint density at radius 2 is 1.70 bits per heavy atom. The number of halogens is 2. The number of piperazine rings is 1. The SMILES string of the molecule is Cl.Clc1ccc(N2CCN(CC=Cc3ccccc3)CC2)nn1. The molecule has 2 heterocycles. The van der Waals surface area contributed by atoms with Crippen LogP contribution >= 0.6 is 24.0 Å². The van der Waals surface area contributed by atoms with Gasteiger partial charge in [0.25, 0.3) is 0 Å². The second-order valence-electron chi connectivity index (χ2n) is 5.31. The smallest absolute Gasteiger partial charge is 0.151 e. The third-order valence-corrected chi connectivity index (χ3v) is 3.99. The van der Waals surface area contributed by atoms with E-state index in [4.69, 9.17) is 11.6 Å². The molecule has 1 aliphatic heterocycles. The van der Waals surface area contributed by atoms with Crippen LogP contribution < -0.4 is 4.90 Å². The molecule has 1 saturated heterocycles. The van der Waals surface area contributed by atoms with E-state index in [0.717, 1.165) is 38.5 Å². The van der Waals surface area contributed by atoms with Gasteiger partial charge < -0.3 is 4.90 Å². The number of hydrogen-bond acceptors (Lipinski definition) is 4. The van der Waals surface area contributed by atoms with Gasteiger partial charge in [-0.3, -0.25) is 4.90 Å². The van der Waals surface area contributed by atoms with E-state index in [1.165, 1.54) is 5.56 Å². The van der Waals surface area contributed by atoms with Gasteiger partial charge in [0, 0.05) is 32.7 Å². The molecule has 0 radical (unpaired) electrons. The number of hydrogen-bond donors (Lipinski definition) is 0. The molecule has 1 aromatic carbocycles. The van der Waals surface area contributed by atoms with Crippen molar-refractivity contribution in [3.05, 3.63) is 59.3 Å². The Kier molecular flexibility index (Phi) is 6.84. The Balaban J connectivity index is 0.00000192. The van der Waals surface area contributed by atoms with Crippen LogP contribution in [0.5, 0.6) is 0 Å². The van der Waals surface area contributed by atoms with Gasteiger partial charge in [0.1, 0.15) is 0 Å². The van der Waals surface area contributed by atoms with E-state index in [9.17, 15) is 0 Å². The van der Waals surface area contributed by atoms with Crippen molar-refractivity contribution in [2.75, 3.05) is 37.6 Å². The molecule has 0 amide bonds. The maximum absolute atomic E-state index is 5.77. The molecule has 0 aliphatic carbocycles. The molecule has 1 aliphatic rings. The van der Waals surface area contributed by atoms with Gasteiger partial charge in [-0.2, -0.15) is 0 Å². The lowest BCUT2D eigenvalue weighted by Gasteiger charge is -2.34. The second-order valence-corrected chi connectivity index (χ2v) is 5.70. The van der Waals surface area contributed by atoms with Gasteiger partial charge in [-0.05, 0) is 17.7 Å². The summed E-state index contributed by atoms with van der Waals surface area (Å²) in [5.41, 5.74) is 1.25. The Hall–Kier alpha value is -1.62. The molecule has 0 unspecified atom stereocenters. The van der Waals surface area contributed by atoms with Crippen LogP contribution in [0.15, 0.2) is 48.5 Å². The fourth-order valence-corrected chi connectivity index (χ4v) is 2.64. The summed E-state index contributed by atoms with van der Waals surface area (Å²) in [6, 6.07) is 14.1. The van der Waals surface area contributed by atoms with Crippen LogP contribution in [0.2, 0.25) is 5.15 Å². The monoisotopic (exact) mass is 350 g/mol. The number of nitrogens with zero attached hydrogens (tertiary/aromatic N) is 4. The third-order valence-electron chi connectivity index (χ3n) is 3.79. The molecule has 1 fully saturated rings. The summed E-state index contributed by atoms with van der Waals surface area (Å²) in [5, 5.41) is 8.48. The first-order valence-corrected chi connectivity index (χ1v) is 7.87. The highest BCUT2D eigenvalue weighted by Gasteiger charge is 2.17. The van der Waals surface area contributed by atoms with Crippen LogP contribution in [0.3, 0.4) is 0 Å². The molecule has 3 rings (SSSR count). The number of rotatable bonds is 4. The Morgan fingerprint density at radius 1 is 0.957 bits per heavy atom. The molecular formula is C17H20Cl2N4. The van der Waals surface area contributed by atoms with E-state index in [1.807, 2.05) is 12.1 Å². The fraction of sp³-hybridized carbons (Fsp3) is 0.294. The van der Waals surface area contributed by atoms with Crippen molar-refractivity contribution >= 4 is 35.9 Å². The number of benzene rings is 1. The van der Waals surface area contributed by atoms with Crippen LogP contribution in [0, 0.1) is 0 Å². The van der Waals surface area contributed by atoms with Crippen LogP contribution in [-0.2, 0) is 0 Å². The van der Waals surface area contributed by atoms with E-state index in [-0.39, 0.29) is 12.4 Å². The summed E-state index contributed by atoms with van der Waals surface area (Å²) in [7, 11) is 0. The van der Waals surface area contributed by atoms with E-state index < -0.39 is 0 Å². The Bertz CT molecular complexity index is 608. The lowest BCUT2D eigenvalue weighted by atomic mass is 10.2. The predicted molar refractivity (Wildman–Crippen MR) is 98.4 cm³/mol. The normalized spacial score (nSPS) is 15.6. The first-order chi connectivity index (χ1) is 10.8. The summed E-state index contributed by atoms with van der Waals surface area (Å²) < 4.78 is 0. The van der Waals surface area contributed by atoms with Crippen LogP contribution in [-0.4, -0.2) is 47.8 Å². The average molecular weight is 351 g/mol. The molecule has 4 nitrogen and oxygen atoms in total. The van der Waals surface area contributed by atoms with E-state index >= 15 is 0 Å². The summed E-state index contributed by atoms with van der Waals surface area (Å²) >= 11 is 5.77. The van der Waals surface area contributed by atoms with Crippen LogP contribution in [0.4, 0.5) is 5.82 Å². The first-order valence-electron chi connectivity index (χ1n) is 7.49. The number of anilines is 1. The zero-order valence-electron chi connectivity index (χ0n) is 12.8. The lowest BCUT2D eigenvalue weighted by molar-refractivity contribution is 0.283. The van der Waals surface area contributed by atoms with Gasteiger partial charge in [-0.25, -0.2) is 0 Å². The van der Waals surface area contributed by atoms with Gasteiger partial charge in [0.05, 0.1) is 0 Å². The van der Waals surface area contributed by atoms with Gasteiger partial charge in [0.2, 0.25) is 0 Å². The molecule has 122 valence electrons. The maximum atomic E-state index is 5.77. The average Bonchev–Trinajstić information content (AvgIpc) is 2.57. The molecular weight excluding hydrogens is 331 g/mol. The molecule has 0 N–H and O–H groups in total. The highest BCUT2D eigenvalue weighted by molar-refractivity contribution is 6.29. The van der Waals surface area contributed by atoms with Crippen molar-refractivity contribution in [3.8, 4) is 0 Å². The van der Waals surface area contributed by atoms with Gasteiger partial charge in [-0.15, -0.1) is 22.6 Å². The first kappa shape index (κ1) is 17.7. The summed E-state index contributed by atoms with van der Waals surface area (Å²) in [5.74, 6) is 0.906. The van der Waals surface area contributed by atoms with Crippen LogP contribution in [0.25, 0.3) is 6.08 Å². The Morgan fingerprint density at radius 3 is 2.35 bits per heavy atom. The quantitative estimate of drug-likeness (QED) is 0.845. The largest absolute Gasteiger partial charge is 0.353 e. The molecule has 2 aromatic rings. The topological polar surface area (TPSA) is 32.3 Å². The van der Waals surface area contributed by atoms with Crippen molar-refractivity contribution in [2.24, 2.45) is 0 Å².